The number of fused-ring (bicyclic) bond motifs is 2. The number of rotatable bonds is 0. The maximum absolute atomic E-state index is 11.5. The lowest BCUT2D eigenvalue weighted by Crippen LogP contribution is -2.31. The normalized spacial score (nSPS) is 47.5. The molecule has 0 saturated carbocycles. The Kier molecular flexibility index (Phi) is 1.53. The van der Waals surface area contributed by atoms with E-state index in [9.17, 15) is 8.42 Å². The molecule has 0 aromatic carbocycles. The molecule has 2 heterocycles. The van der Waals surface area contributed by atoms with Gasteiger partial charge < -0.3 is 0 Å². The van der Waals surface area contributed by atoms with Crippen molar-refractivity contribution in [1.29, 1.82) is 0 Å². The molecular weight excluding hydrogens is 160 g/mol. The summed E-state index contributed by atoms with van der Waals surface area (Å²) in [5.74, 6) is 0.635. The average molecular weight is 174 g/mol. The highest BCUT2D eigenvalue weighted by molar-refractivity contribution is 7.93. The third kappa shape index (κ3) is 1.01. The first kappa shape index (κ1) is 7.59. The van der Waals surface area contributed by atoms with Gasteiger partial charge in [0.05, 0.1) is 10.5 Å². The Labute approximate surface area is 67.9 Å². The number of sulfone groups is 1. The third-order valence-corrected chi connectivity index (χ3v) is 5.79. The van der Waals surface area contributed by atoms with Gasteiger partial charge in [0, 0.05) is 0 Å². The lowest BCUT2D eigenvalue weighted by molar-refractivity contribution is 0.457. The Morgan fingerprint density at radius 1 is 1.09 bits per heavy atom. The number of hydrogen-bond donors (Lipinski definition) is 0. The molecule has 3 heteroatoms. The molecule has 2 aliphatic heterocycles. The minimum Gasteiger partial charge on any atom is -0.228 e. The van der Waals surface area contributed by atoms with Crippen LogP contribution >= 0.6 is 0 Å². The van der Waals surface area contributed by atoms with Gasteiger partial charge in [-0.1, -0.05) is 6.92 Å². The summed E-state index contributed by atoms with van der Waals surface area (Å²) in [6.45, 7) is 2.17. The van der Waals surface area contributed by atoms with Crippen molar-refractivity contribution in [2.45, 2.75) is 43.1 Å². The first-order chi connectivity index (χ1) is 5.10. The zero-order valence-corrected chi connectivity index (χ0v) is 7.60. The molecule has 64 valence electrons. The monoisotopic (exact) mass is 174 g/mol. The van der Waals surface area contributed by atoms with Crippen molar-refractivity contribution in [3.63, 3.8) is 0 Å². The van der Waals surface area contributed by atoms with Gasteiger partial charge in [-0.3, -0.25) is 0 Å². The van der Waals surface area contributed by atoms with Crippen LogP contribution in [0.5, 0.6) is 0 Å². The Balaban J connectivity index is 2.33. The Morgan fingerprint density at radius 2 is 1.55 bits per heavy atom. The van der Waals surface area contributed by atoms with Crippen LogP contribution in [0.2, 0.25) is 0 Å². The third-order valence-electron chi connectivity index (χ3n) is 3.07. The molecule has 0 N–H and O–H groups in total. The highest BCUT2D eigenvalue weighted by atomic mass is 32.2. The van der Waals surface area contributed by atoms with E-state index in [2.05, 4.69) is 6.92 Å². The highest BCUT2D eigenvalue weighted by Crippen LogP contribution is 2.40. The smallest absolute Gasteiger partial charge is 0.156 e. The molecular formula is C8H14O2S. The first-order valence-electron chi connectivity index (χ1n) is 4.33. The molecule has 2 fully saturated rings. The fourth-order valence-corrected chi connectivity index (χ4v) is 5.14. The molecule has 2 nitrogen and oxygen atoms in total. The van der Waals surface area contributed by atoms with Crippen LogP contribution in [0.15, 0.2) is 0 Å². The van der Waals surface area contributed by atoms with E-state index in [1.54, 1.807) is 0 Å². The minimum atomic E-state index is -2.66. The minimum absolute atomic E-state index is 0.0243. The van der Waals surface area contributed by atoms with Crippen molar-refractivity contribution in [2.24, 2.45) is 5.92 Å². The second kappa shape index (κ2) is 2.22. The summed E-state index contributed by atoms with van der Waals surface area (Å²) in [7, 11) is -2.66. The lowest BCUT2D eigenvalue weighted by Gasteiger charge is -2.24. The second-order valence-corrected chi connectivity index (χ2v) is 6.50. The van der Waals surface area contributed by atoms with E-state index in [1.807, 2.05) is 0 Å². The summed E-state index contributed by atoms with van der Waals surface area (Å²) in [5, 5.41) is 0.0486. The van der Waals surface area contributed by atoms with Gasteiger partial charge in [-0.25, -0.2) is 8.42 Å². The molecule has 0 aromatic heterocycles. The summed E-state index contributed by atoms with van der Waals surface area (Å²) in [6, 6.07) is 0. The van der Waals surface area contributed by atoms with Gasteiger partial charge in [-0.2, -0.15) is 0 Å². The van der Waals surface area contributed by atoms with Crippen molar-refractivity contribution >= 4 is 9.84 Å². The van der Waals surface area contributed by atoms with Gasteiger partial charge in [0.15, 0.2) is 9.84 Å². The molecule has 2 aliphatic rings. The van der Waals surface area contributed by atoms with Crippen LogP contribution in [0.3, 0.4) is 0 Å². The van der Waals surface area contributed by atoms with Crippen molar-refractivity contribution in [1.82, 2.24) is 0 Å². The summed E-state index contributed by atoms with van der Waals surface area (Å²) < 4.78 is 23.0. The summed E-state index contributed by atoms with van der Waals surface area (Å²) in [4.78, 5) is 0. The van der Waals surface area contributed by atoms with Crippen LogP contribution in [0.1, 0.15) is 32.6 Å². The van der Waals surface area contributed by atoms with Crippen molar-refractivity contribution < 1.29 is 8.42 Å². The largest absolute Gasteiger partial charge is 0.228 e. The molecule has 0 spiro atoms. The summed E-state index contributed by atoms with van der Waals surface area (Å²) in [6.07, 6.45) is 3.69. The molecule has 0 aliphatic carbocycles. The summed E-state index contributed by atoms with van der Waals surface area (Å²) in [5.41, 5.74) is 0. The maximum Gasteiger partial charge on any atom is 0.156 e. The van der Waals surface area contributed by atoms with Crippen LogP contribution in [-0.2, 0) is 9.84 Å². The fraction of sp³-hybridized carbons (Fsp3) is 1.00. The van der Waals surface area contributed by atoms with Crippen LogP contribution in [0, 0.1) is 5.92 Å². The topological polar surface area (TPSA) is 34.1 Å². The molecule has 11 heavy (non-hydrogen) atoms. The Bertz CT molecular complexity index is 235. The van der Waals surface area contributed by atoms with Crippen LogP contribution in [0.4, 0.5) is 0 Å². The standard InChI is InChI=1S/C8H14O2S/c1-6-4-7-2-3-8(5-6)11(7,9)10/h6-8H,2-5H2,1H3. The molecule has 2 rings (SSSR count). The fourth-order valence-electron chi connectivity index (χ4n) is 2.47. The summed E-state index contributed by atoms with van der Waals surface area (Å²) >= 11 is 0. The molecule has 2 saturated heterocycles. The van der Waals surface area contributed by atoms with E-state index in [0.717, 1.165) is 25.7 Å². The van der Waals surface area contributed by atoms with Gasteiger partial charge in [0.25, 0.3) is 0 Å². The Morgan fingerprint density at radius 3 is 2.00 bits per heavy atom. The molecule has 2 bridgehead atoms. The van der Waals surface area contributed by atoms with Crippen molar-refractivity contribution in [3.8, 4) is 0 Å². The van der Waals surface area contributed by atoms with Crippen molar-refractivity contribution in [2.75, 3.05) is 0 Å². The van der Waals surface area contributed by atoms with Crippen molar-refractivity contribution in [3.05, 3.63) is 0 Å². The SMILES string of the molecule is CC1CC2CCC(C1)S2(=O)=O. The molecule has 2 unspecified atom stereocenters. The van der Waals surface area contributed by atoms with E-state index in [0.29, 0.717) is 5.92 Å². The Hall–Kier alpha value is -0.0500. The van der Waals surface area contributed by atoms with Gasteiger partial charge in [0.1, 0.15) is 0 Å². The molecule has 0 radical (unpaired) electrons. The van der Waals surface area contributed by atoms with Crippen LogP contribution in [0.25, 0.3) is 0 Å². The average Bonchev–Trinajstić information content (AvgIpc) is 2.19. The quantitative estimate of drug-likeness (QED) is 0.555. The highest BCUT2D eigenvalue weighted by Gasteiger charge is 2.45. The molecule has 0 aromatic rings. The molecule has 2 atom stereocenters. The predicted octanol–water partition coefficient (Wildman–Crippen LogP) is 1.36. The van der Waals surface area contributed by atoms with E-state index in [4.69, 9.17) is 0 Å². The van der Waals surface area contributed by atoms with Gasteiger partial charge in [-0.05, 0) is 31.6 Å². The lowest BCUT2D eigenvalue weighted by atomic mass is 10.0. The van der Waals surface area contributed by atoms with Crippen LogP contribution < -0.4 is 0 Å². The van der Waals surface area contributed by atoms with E-state index < -0.39 is 9.84 Å². The van der Waals surface area contributed by atoms with E-state index in [1.165, 1.54) is 0 Å². The van der Waals surface area contributed by atoms with Crippen LogP contribution in [-0.4, -0.2) is 18.9 Å². The van der Waals surface area contributed by atoms with Gasteiger partial charge >= 0.3 is 0 Å². The first-order valence-corrected chi connectivity index (χ1v) is 5.94. The predicted molar refractivity (Wildman–Crippen MR) is 44.1 cm³/mol. The second-order valence-electron chi connectivity index (χ2n) is 3.99. The number of hydrogen-bond acceptors (Lipinski definition) is 2. The van der Waals surface area contributed by atoms with E-state index in [-0.39, 0.29) is 10.5 Å². The maximum atomic E-state index is 11.5. The van der Waals surface area contributed by atoms with Gasteiger partial charge in [-0.15, -0.1) is 0 Å². The van der Waals surface area contributed by atoms with E-state index >= 15 is 0 Å². The van der Waals surface area contributed by atoms with Gasteiger partial charge in [0.2, 0.25) is 0 Å². The molecule has 0 amide bonds. The zero-order chi connectivity index (χ0) is 8.06. The zero-order valence-electron chi connectivity index (χ0n) is 6.79.